The molecule has 0 aliphatic rings. The first kappa shape index (κ1) is 27.2. The van der Waals surface area contributed by atoms with Crippen LogP contribution in [0, 0.1) is 5.92 Å². The number of rotatable bonds is 14. The third kappa shape index (κ3) is 8.34. The van der Waals surface area contributed by atoms with Crippen LogP contribution < -0.4 is 0 Å². The molecular formula is C36H41Cl. The van der Waals surface area contributed by atoms with Crippen molar-refractivity contribution in [2.24, 2.45) is 5.92 Å². The van der Waals surface area contributed by atoms with Crippen LogP contribution >= 0.6 is 11.6 Å². The van der Waals surface area contributed by atoms with Crippen molar-refractivity contribution < 1.29 is 0 Å². The van der Waals surface area contributed by atoms with E-state index >= 15 is 0 Å². The molecule has 0 bridgehead atoms. The van der Waals surface area contributed by atoms with Gasteiger partial charge in [-0.1, -0.05) is 147 Å². The molecule has 0 N–H and O–H groups in total. The van der Waals surface area contributed by atoms with Gasteiger partial charge in [-0.05, 0) is 54.4 Å². The van der Waals surface area contributed by atoms with Crippen LogP contribution in [0.3, 0.4) is 0 Å². The van der Waals surface area contributed by atoms with Gasteiger partial charge in [0.2, 0.25) is 0 Å². The van der Waals surface area contributed by atoms with Crippen molar-refractivity contribution in [2.45, 2.75) is 69.1 Å². The fourth-order valence-corrected chi connectivity index (χ4v) is 6.13. The summed E-state index contributed by atoms with van der Waals surface area (Å²) in [6, 6.07) is 44.1. The van der Waals surface area contributed by atoms with E-state index in [1.165, 1.54) is 60.8 Å². The predicted molar refractivity (Wildman–Crippen MR) is 161 cm³/mol. The van der Waals surface area contributed by atoms with Gasteiger partial charge >= 0.3 is 0 Å². The Morgan fingerprint density at radius 1 is 0.486 bits per heavy atom. The van der Waals surface area contributed by atoms with Gasteiger partial charge < -0.3 is 0 Å². The highest BCUT2D eigenvalue weighted by Crippen LogP contribution is 2.38. The average Bonchev–Trinajstić information content (AvgIpc) is 2.94. The van der Waals surface area contributed by atoms with E-state index in [4.69, 9.17) is 11.6 Å². The van der Waals surface area contributed by atoms with Crippen LogP contribution in [0.4, 0.5) is 0 Å². The largest absolute Gasteiger partial charge is 0.123 e. The van der Waals surface area contributed by atoms with Gasteiger partial charge in [-0.3, -0.25) is 0 Å². The van der Waals surface area contributed by atoms with Gasteiger partial charge in [0.15, 0.2) is 0 Å². The van der Waals surface area contributed by atoms with Gasteiger partial charge in [0.05, 0.1) is 0 Å². The molecule has 192 valence electrons. The second-order valence-electron chi connectivity index (χ2n) is 10.4. The molecule has 37 heavy (non-hydrogen) atoms. The van der Waals surface area contributed by atoms with Gasteiger partial charge in [-0.25, -0.2) is 0 Å². The third-order valence-corrected chi connectivity index (χ3v) is 7.82. The minimum absolute atomic E-state index is 0.178. The van der Waals surface area contributed by atoms with Gasteiger partial charge in [0.25, 0.3) is 0 Å². The highest BCUT2D eigenvalue weighted by Gasteiger charge is 2.26. The first-order chi connectivity index (χ1) is 18.2. The van der Waals surface area contributed by atoms with Crippen LogP contribution in [0.25, 0.3) is 0 Å². The summed E-state index contributed by atoms with van der Waals surface area (Å²) in [6.07, 6.45) is 8.53. The van der Waals surface area contributed by atoms with Crippen LogP contribution in [-0.4, -0.2) is 5.38 Å². The Hall–Kier alpha value is -2.83. The molecule has 0 spiro atoms. The molecule has 0 saturated heterocycles. The van der Waals surface area contributed by atoms with E-state index in [1.54, 1.807) is 0 Å². The quantitative estimate of drug-likeness (QED) is 0.117. The lowest BCUT2D eigenvalue weighted by atomic mass is 9.76. The molecule has 0 amide bonds. The van der Waals surface area contributed by atoms with Crippen molar-refractivity contribution >= 4 is 11.6 Å². The zero-order valence-electron chi connectivity index (χ0n) is 22.2. The molecule has 0 heterocycles. The maximum atomic E-state index is 6.61. The normalized spacial score (nSPS) is 13.1. The highest BCUT2D eigenvalue weighted by molar-refractivity contribution is 6.20. The van der Waals surface area contributed by atoms with Gasteiger partial charge in [0.1, 0.15) is 0 Å². The Kier molecular flexibility index (Phi) is 10.9. The van der Waals surface area contributed by atoms with Gasteiger partial charge in [-0.15, -0.1) is 11.6 Å². The zero-order valence-corrected chi connectivity index (χ0v) is 22.9. The topological polar surface area (TPSA) is 0 Å². The zero-order chi connectivity index (χ0) is 25.7. The smallest absolute Gasteiger partial charge is 0.0310 e. The van der Waals surface area contributed by atoms with E-state index in [-0.39, 0.29) is 5.38 Å². The fourth-order valence-electron chi connectivity index (χ4n) is 5.90. The molecule has 0 saturated carbocycles. The molecule has 2 unspecified atom stereocenters. The second-order valence-corrected chi connectivity index (χ2v) is 11.2. The first-order valence-electron chi connectivity index (χ1n) is 14.1. The summed E-state index contributed by atoms with van der Waals surface area (Å²) < 4.78 is 0. The lowest BCUT2D eigenvalue weighted by molar-refractivity contribution is 0.382. The number of halogens is 1. The Labute approximate surface area is 229 Å². The van der Waals surface area contributed by atoms with Crippen molar-refractivity contribution in [3.8, 4) is 0 Å². The average molecular weight is 509 g/mol. The minimum Gasteiger partial charge on any atom is -0.123 e. The molecule has 0 fully saturated rings. The summed E-state index contributed by atoms with van der Waals surface area (Å²) in [5.41, 5.74) is 5.67. The number of hydrogen-bond donors (Lipinski definition) is 0. The Morgan fingerprint density at radius 3 is 1.27 bits per heavy atom. The van der Waals surface area contributed by atoms with Crippen molar-refractivity contribution in [1.82, 2.24) is 0 Å². The summed E-state index contributed by atoms with van der Waals surface area (Å²) in [5.74, 6) is 1.41. The van der Waals surface area contributed by atoms with E-state index in [1.807, 2.05) is 0 Å². The Balaban J connectivity index is 1.36. The summed E-state index contributed by atoms with van der Waals surface area (Å²) in [5, 5.41) is 0.178. The molecule has 4 rings (SSSR count). The van der Waals surface area contributed by atoms with E-state index in [2.05, 4.69) is 128 Å². The molecule has 0 radical (unpaired) electrons. The summed E-state index contributed by atoms with van der Waals surface area (Å²) in [4.78, 5) is 0. The van der Waals surface area contributed by atoms with Crippen LogP contribution in [0.1, 0.15) is 86.0 Å². The van der Waals surface area contributed by atoms with E-state index in [9.17, 15) is 0 Å². The highest BCUT2D eigenvalue weighted by atomic mass is 35.5. The molecule has 4 aromatic carbocycles. The molecule has 0 aliphatic heterocycles. The number of unbranched alkanes of at least 4 members (excludes halogenated alkanes) is 3. The fraction of sp³-hybridized carbons (Fsp3) is 0.333. The van der Waals surface area contributed by atoms with E-state index < -0.39 is 0 Å². The molecule has 0 aromatic heterocycles. The lowest BCUT2D eigenvalue weighted by Crippen LogP contribution is -2.18. The van der Waals surface area contributed by atoms with Crippen molar-refractivity contribution in [3.05, 3.63) is 144 Å². The van der Waals surface area contributed by atoms with E-state index in [0.717, 1.165) is 6.42 Å². The predicted octanol–water partition coefficient (Wildman–Crippen LogP) is 10.6. The first-order valence-corrected chi connectivity index (χ1v) is 14.5. The molecule has 0 aliphatic carbocycles. The van der Waals surface area contributed by atoms with Crippen LogP contribution in [0.15, 0.2) is 121 Å². The second kappa shape index (κ2) is 14.8. The van der Waals surface area contributed by atoms with Crippen molar-refractivity contribution in [3.63, 3.8) is 0 Å². The van der Waals surface area contributed by atoms with Gasteiger partial charge in [-0.2, -0.15) is 0 Å². The molecule has 0 nitrogen and oxygen atoms in total. The lowest BCUT2D eigenvalue weighted by Gasteiger charge is -2.29. The molecule has 2 atom stereocenters. The summed E-state index contributed by atoms with van der Waals surface area (Å²) in [7, 11) is 0. The molecular weight excluding hydrogens is 468 g/mol. The van der Waals surface area contributed by atoms with Gasteiger partial charge in [0, 0.05) is 17.2 Å². The van der Waals surface area contributed by atoms with Crippen molar-refractivity contribution in [2.75, 3.05) is 0 Å². The maximum absolute atomic E-state index is 6.61. The van der Waals surface area contributed by atoms with Crippen LogP contribution in [0.5, 0.6) is 0 Å². The Morgan fingerprint density at radius 2 is 0.865 bits per heavy atom. The summed E-state index contributed by atoms with van der Waals surface area (Å²) in [6.45, 7) is 2.15. The maximum Gasteiger partial charge on any atom is 0.0310 e. The van der Waals surface area contributed by atoms with Crippen LogP contribution in [0.2, 0.25) is 0 Å². The number of hydrogen-bond acceptors (Lipinski definition) is 0. The minimum atomic E-state index is 0.178. The third-order valence-electron chi connectivity index (χ3n) is 7.64. The van der Waals surface area contributed by atoms with Crippen molar-refractivity contribution in [1.29, 1.82) is 0 Å². The molecule has 4 aromatic rings. The monoisotopic (exact) mass is 508 g/mol. The number of benzene rings is 4. The number of alkyl halides is 1. The van der Waals surface area contributed by atoms with Crippen LogP contribution in [-0.2, 0) is 0 Å². The Bertz CT molecular complexity index is 1040. The SMILES string of the molecule is CC(Cl)CC(CCCCCCC(c1ccccc1)c1ccccc1)C(c1ccccc1)c1ccccc1. The van der Waals surface area contributed by atoms with E-state index in [0.29, 0.717) is 17.8 Å². The standard InChI is InChI=1S/C36H41Cl/c1-29(37)28-34(36(32-22-13-6-14-23-32)33-24-15-7-16-25-33)26-8-2-3-17-27-35(30-18-9-4-10-19-30)31-20-11-5-12-21-31/h4-7,9-16,18-25,29,34-36H,2-3,8,17,26-28H2,1H3. The molecule has 1 heteroatoms. The summed E-state index contributed by atoms with van der Waals surface area (Å²) >= 11 is 6.61.